The molecule has 1 rings (SSSR count). The van der Waals surface area contributed by atoms with Crippen molar-refractivity contribution in [1.82, 2.24) is 0 Å². The highest BCUT2D eigenvalue weighted by molar-refractivity contribution is 7.51. The van der Waals surface area contributed by atoms with Gasteiger partial charge in [-0.2, -0.15) is 0 Å². The van der Waals surface area contributed by atoms with Crippen molar-refractivity contribution < 1.29 is 29.0 Å². The highest BCUT2D eigenvalue weighted by Gasteiger charge is 2.33. The topological polar surface area (TPSA) is 138 Å². The molecule has 110 valence electrons. The molecule has 0 aromatic heterocycles. The minimum atomic E-state index is -4.45. The maximum Gasteiger partial charge on any atom is 0.328 e. The van der Waals surface area contributed by atoms with Crippen LogP contribution in [0.15, 0.2) is 30.3 Å². The van der Waals surface area contributed by atoms with Gasteiger partial charge in [0.25, 0.3) is 0 Å². The quantitative estimate of drug-likeness (QED) is 0.411. The molecule has 0 amide bonds. The van der Waals surface area contributed by atoms with Gasteiger partial charge in [-0.3, -0.25) is 14.2 Å². The van der Waals surface area contributed by atoms with Crippen LogP contribution in [0.2, 0.25) is 0 Å². The van der Waals surface area contributed by atoms with Crippen LogP contribution in [-0.2, 0) is 20.6 Å². The first-order valence-electron chi connectivity index (χ1n) is 5.81. The molecule has 20 heavy (non-hydrogen) atoms. The van der Waals surface area contributed by atoms with E-state index in [9.17, 15) is 14.2 Å². The first-order chi connectivity index (χ1) is 9.20. The summed E-state index contributed by atoms with van der Waals surface area (Å²) in [5.74, 6) is -3.53. The molecule has 7 nitrogen and oxygen atoms in total. The van der Waals surface area contributed by atoms with Crippen LogP contribution < -0.4 is 5.73 Å². The zero-order valence-corrected chi connectivity index (χ0v) is 11.4. The van der Waals surface area contributed by atoms with Crippen molar-refractivity contribution in [1.29, 1.82) is 0 Å². The third-order valence-corrected chi connectivity index (χ3v) is 3.67. The predicted octanol–water partition coefficient (Wildman–Crippen LogP) is 0.00400. The summed E-state index contributed by atoms with van der Waals surface area (Å²) >= 11 is 0. The summed E-state index contributed by atoms with van der Waals surface area (Å²) in [6, 6.07) is 6.78. The Morgan fingerprint density at radius 3 is 2.20 bits per heavy atom. The summed E-state index contributed by atoms with van der Waals surface area (Å²) in [5.41, 5.74) is 5.91. The molecule has 0 heterocycles. The Labute approximate surface area is 115 Å². The molecule has 0 radical (unpaired) electrons. The van der Waals surface area contributed by atoms with Crippen molar-refractivity contribution >= 4 is 19.3 Å². The summed E-state index contributed by atoms with van der Waals surface area (Å²) < 4.78 is 11.1. The van der Waals surface area contributed by atoms with Crippen molar-refractivity contribution in [3.05, 3.63) is 35.9 Å². The average molecular weight is 301 g/mol. The summed E-state index contributed by atoms with van der Waals surface area (Å²) in [4.78, 5) is 40.7. The zero-order valence-electron chi connectivity index (χ0n) is 10.5. The molecule has 1 aromatic carbocycles. The number of carbonyl (C=O) groups excluding carboxylic acids is 1. The summed E-state index contributed by atoms with van der Waals surface area (Å²) in [6.07, 6.45) is -0.687. The lowest BCUT2D eigenvalue weighted by molar-refractivity contribution is -0.143. The Morgan fingerprint density at radius 2 is 1.75 bits per heavy atom. The van der Waals surface area contributed by atoms with Gasteiger partial charge in [0.1, 0.15) is 0 Å². The van der Waals surface area contributed by atoms with Crippen molar-refractivity contribution in [3.8, 4) is 0 Å². The number of nitrogens with two attached hydrogens (primary N) is 1. The second kappa shape index (κ2) is 6.76. The Bertz CT molecular complexity index is 526. The van der Waals surface area contributed by atoms with E-state index in [1.54, 1.807) is 30.3 Å². The van der Waals surface area contributed by atoms with Gasteiger partial charge in [0.05, 0.1) is 6.16 Å². The molecule has 0 fully saturated rings. The lowest BCUT2D eigenvalue weighted by atomic mass is 9.93. The number of carbonyl (C=O) groups is 2. The summed E-state index contributed by atoms with van der Waals surface area (Å²) in [6.45, 7) is 0. The predicted molar refractivity (Wildman–Crippen MR) is 71.2 cm³/mol. The van der Waals surface area contributed by atoms with Crippen LogP contribution >= 0.6 is 7.60 Å². The monoisotopic (exact) mass is 301 g/mol. The van der Waals surface area contributed by atoms with E-state index in [4.69, 9.17) is 20.6 Å². The molecule has 0 bridgehead atoms. The van der Waals surface area contributed by atoms with Gasteiger partial charge in [-0.25, -0.2) is 0 Å². The van der Waals surface area contributed by atoms with E-state index >= 15 is 0 Å². The Kier molecular flexibility index (Phi) is 5.59. The fourth-order valence-electron chi connectivity index (χ4n) is 1.82. The van der Waals surface area contributed by atoms with Crippen molar-refractivity contribution in [2.24, 2.45) is 11.7 Å². The fraction of sp³-hybridized carbons (Fsp3) is 0.333. The van der Waals surface area contributed by atoms with Crippen LogP contribution in [0.5, 0.6) is 0 Å². The number of hydrogen-bond donors (Lipinski definition) is 4. The molecule has 5 N–H and O–H groups in total. The molecule has 2 atom stereocenters. The SMILES string of the molecule is NC(C(=O)O)C(=O)C(Cc1ccccc1)CP(=O)(O)O. The molecule has 0 saturated heterocycles. The number of benzene rings is 1. The second-order valence-corrected chi connectivity index (χ2v) is 6.15. The smallest absolute Gasteiger partial charge is 0.328 e. The minimum absolute atomic E-state index is 0.0335. The summed E-state index contributed by atoms with van der Waals surface area (Å²) in [7, 11) is -4.45. The molecule has 0 aliphatic carbocycles. The molecule has 8 heteroatoms. The first-order valence-corrected chi connectivity index (χ1v) is 7.61. The van der Waals surface area contributed by atoms with Crippen molar-refractivity contribution in [2.75, 3.05) is 6.16 Å². The van der Waals surface area contributed by atoms with Gasteiger partial charge in [0.15, 0.2) is 11.8 Å². The molecule has 1 aromatic rings. The lowest BCUT2D eigenvalue weighted by Crippen LogP contribution is -2.43. The third-order valence-electron chi connectivity index (χ3n) is 2.76. The Hall–Kier alpha value is -1.53. The van der Waals surface area contributed by atoms with Gasteiger partial charge in [-0.05, 0) is 12.0 Å². The zero-order chi connectivity index (χ0) is 15.3. The average Bonchev–Trinajstić information content (AvgIpc) is 2.35. The van der Waals surface area contributed by atoms with Gasteiger partial charge in [-0.1, -0.05) is 30.3 Å². The van der Waals surface area contributed by atoms with E-state index in [1.165, 1.54) is 0 Å². The Balaban J connectivity index is 2.94. The van der Waals surface area contributed by atoms with Gasteiger partial charge in [0.2, 0.25) is 0 Å². The van der Waals surface area contributed by atoms with Crippen LogP contribution in [0.4, 0.5) is 0 Å². The highest BCUT2D eigenvalue weighted by Crippen LogP contribution is 2.38. The van der Waals surface area contributed by atoms with Crippen LogP contribution in [0.3, 0.4) is 0 Å². The van der Waals surface area contributed by atoms with Crippen molar-refractivity contribution in [3.63, 3.8) is 0 Å². The van der Waals surface area contributed by atoms with E-state index in [-0.39, 0.29) is 6.42 Å². The number of rotatable bonds is 7. The minimum Gasteiger partial charge on any atom is -0.480 e. The number of aliphatic carboxylic acids is 1. The number of hydrogen-bond acceptors (Lipinski definition) is 4. The number of ketones is 1. The molecular weight excluding hydrogens is 285 g/mol. The largest absolute Gasteiger partial charge is 0.480 e. The van der Waals surface area contributed by atoms with E-state index in [2.05, 4.69) is 0 Å². The van der Waals surface area contributed by atoms with Crippen LogP contribution in [0, 0.1) is 5.92 Å². The summed E-state index contributed by atoms with van der Waals surface area (Å²) in [5, 5.41) is 8.73. The molecule has 0 aliphatic heterocycles. The standard InChI is InChI=1S/C12H16NO6P/c13-10(12(15)16)11(14)9(7-20(17,18)19)6-8-4-2-1-3-5-8/h1-5,9-10H,6-7,13H2,(H,15,16)(H2,17,18,19). The van der Waals surface area contributed by atoms with E-state index in [0.717, 1.165) is 0 Å². The van der Waals surface area contributed by atoms with Gasteiger partial charge >= 0.3 is 13.6 Å². The third kappa shape index (κ3) is 5.22. The molecule has 2 unspecified atom stereocenters. The van der Waals surface area contributed by atoms with E-state index in [1.807, 2.05) is 0 Å². The first kappa shape index (κ1) is 16.5. The molecule has 0 saturated carbocycles. The van der Waals surface area contributed by atoms with Crippen LogP contribution in [0.25, 0.3) is 0 Å². The molecular formula is C12H16NO6P. The number of carboxylic acid groups (broad SMARTS) is 1. The van der Waals surface area contributed by atoms with E-state index in [0.29, 0.717) is 5.56 Å². The number of carboxylic acids is 1. The van der Waals surface area contributed by atoms with Crippen molar-refractivity contribution in [2.45, 2.75) is 12.5 Å². The molecule has 0 aliphatic rings. The lowest BCUT2D eigenvalue weighted by Gasteiger charge is -2.18. The van der Waals surface area contributed by atoms with Crippen LogP contribution in [-0.4, -0.2) is 38.8 Å². The van der Waals surface area contributed by atoms with E-state index < -0.39 is 37.5 Å². The maximum atomic E-state index is 11.9. The Morgan fingerprint density at radius 1 is 1.20 bits per heavy atom. The second-order valence-electron chi connectivity index (χ2n) is 4.45. The van der Waals surface area contributed by atoms with Gasteiger partial charge in [0, 0.05) is 5.92 Å². The van der Waals surface area contributed by atoms with Gasteiger partial charge in [-0.15, -0.1) is 0 Å². The van der Waals surface area contributed by atoms with Crippen LogP contribution in [0.1, 0.15) is 5.56 Å². The fourth-order valence-corrected chi connectivity index (χ4v) is 2.70. The highest BCUT2D eigenvalue weighted by atomic mass is 31.2. The molecule has 0 spiro atoms. The van der Waals surface area contributed by atoms with Gasteiger partial charge < -0.3 is 20.6 Å². The maximum absolute atomic E-state index is 11.9. The normalized spacial score (nSPS) is 14.6. The number of Topliss-reactive ketones (excluding diaryl/α,β-unsaturated/α-hetero) is 1.